The van der Waals surface area contributed by atoms with Crippen LogP contribution in [0.25, 0.3) is 0 Å². The van der Waals surface area contributed by atoms with Gasteiger partial charge in [-0.3, -0.25) is 0 Å². The van der Waals surface area contributed by atoms with Gasteiger partial charge in [-0.25, -0.2) is 17.6 Å². The summed E-state index contributed by atoms with van der Waals surface area (Å²) in [6, 6.07) is 0.291. The first-order valence-corrected chi connectivity index (χ1v) is 5.52. The molecular formula is C8H5F5O2S. The van der Waals surface area contributed by atoms with Gasteiger partial charge in [0.25, 0.3) is 0 Å². The SMILES string of the molecule is O=S(=O)(F)CCc1cc(F)c(F)c(F)c1F. The molecule has 0 saturated carbocycles. The number of hydrogen-bond acceptors (Lipinski definition) is 2. The minimum atomic E-state index is -4.88. The lowest BCUT2D eigenvalue weighted by molar-refractivity contribution is 0.404. The van der Waals surface area contributed by atoms with Crippen molar-refractivity contribution in [2.75, 3.05) is 5.75 Å². The van der Waals surface area contributed by atoms with E-state index >= 15 is 0 Å². The lowest BCUT2D eigenvalue weighted by Crippen LogP contribution is -2.07. The van der Waals surface area contributed by atoms with E-state index in [0.29, 0.717) is 6.07 Å². The molecule has 1 aromatic rings. The molecular weight excluding hydrogens is 255 g/mol. The second-order valence-corrected chi connectivity index (χ2v) is 4.44. The average molecular weight is 260 g/mol. The van der Waals surface area contributed by atoms with E-state index in [2.05, 4.69) is 0 Å². The summed E-state index contributed by atoms with van der Waals surface area (Å²) in [7, 11) is -4.88. The van der Waals surface area contributed by atoms with E-state index in [0.717, 1.165) is 0 Å². The lowest BCUT2D eigenvalue weighted by Gasteiger charge is -2.04. The fourth-order valence-corrected chi connectivity index (χ4v) is 1.50. The van der Waals surface area contributed by atoms with Crippen molar-refractivity contribution in [3.05, 3.63) is 34.9 Å². The van der Waals surface area contributed by atoms with Crippen LogP contribution in [-0.2, 0) is 16.6 Å². The first-order valence-electron chi connectivity index (χ1n) is 3.96. The van der Waals surface area contributed by atoms with Crippen LogP contribution in [0.15, 0.2) is 6.07 Å². The predicted octanol–water partition coefficient (Wildman–Crippen LogP) is 2.08. The molecule has 0 radical (unpaired) electrons. The number of hydrogen-bond donors (Lipinski definition) is 0. The second-order valence-electron chi connectivity index (χ2n) is 2.95. The molecule has 0 aliphatic heterocycles. The smallest absolute Gasteiger partial charge is 0.204 e. The zero-order valence-corrected chi connectivity index (χ0v) is 8.42. The molecule has 16 heavy (non-hydrogen) atoms. The molecule has 0 spiro atoms. The van der Waals surface area contributed by atoms with E-state index < -0.39 is 51.2 Å². The van der Waals surface area contributed by atoms with E-state index in [4.69, 9.17) is 0 Å². The molecule has 1 rings (SSSR count). The van der Waals surface area contributed by atoms with Crippen molar-refractivity contribution in [3.63, 3.8) is 0 Å². The van der Waals surface area contributed by atoms with Gasteiger partial charge in [0.15, 0.2) is 23.3 Å². The summed E-state index contributed by atoms with van der Waals surface area (Å²) in [5, 5.41) is 0. The Bertz CT molecular complexity index is 512. The van der Waals surface area contributed by atoms with Crippen LogP contribution in [0.5, 0.6) is 0 Å². The first-order chi connectivity index (χ1) is 7.22. The van der Waals surface area contributed by atoms with Gasteiger partial charge in [0.05, 0.1) is 5.75 Å². The Morgan fingerprint density at radius 1 is 1.00 bits per heavy atom. The van der Waals surface area contributed by atoms with Crippen LogP contribution in [0.2, 0.25) is 0 Å². The van der Waals surface area contributed by atoms with Crippen LogP contribution in [0.4, 0.5) is 21.4 Å². The quantitative estimate of drug-likeness (QED) is 0.361. The number of benzene rings is 1. The molecule has 90 valence electrons. The third-order valence-corrected chi connectivity index (χ3v) is 2.48. The fraction of sp³-hybridized carbons (Fsp3) is 0.250. The Morgan fingerprint density at radius 3 is 2.06 bits per heavy atom. The Hall–Kier alpha value is -1.18. The fourth-order valence-electron chi connectivity index (χ4n) is 1.04. The molecule has 0 aliphatic rings. The van der Waals surface area contributed by atoms with Crippen molar-refractivity contribution in [2.45, 2.75) is 6.42 Å². The maximum Gasteiger partial charge on any atom is 0.302 e. The maximum absolute atomic E-state index is 12.9. The molecule has 0 bridgehead atoms. The number of rotatable bonds is 3. The van der Waals surface area contributed by atoms with Crippen molar-refractivity contribution < 1.29 is 29.9 Å². The summed E-state index contributed by atoms with van der Waals surface area (Å²) in [6.07, 6.45) is -0.779. The van der Waals surface area contributed by atoms with Crippen molar-refractivity contribution in [3.8, 4) is 0 Å². The first kappa shape index (κ1) is 12.9. The van der Waals surface area contributed by atoms with Gasteiger partial charge in [-0.1, -0.05) is 0 Å². The molecule has 0 fully saturated rings. The van der Waals surface area contributed by atoms with Gasteiger partial charge in [0, 0.05) is 0 Å². The molecule has 8 heteroatoms. The zero-order chi connectivity index (χ0) is 12.5. The van der Waals surface area contributed by atoms with E-state index in [1.807, 2.05) is 0 Å². The highest BCUT2D eigenvalue weighted by atomic mass is 32.3. The van der Waals surface area contributed by atoms with Crippen LogP contribution in [0, 0.1) is 23.3 Å². The largest absolute Gasteiger partial charge is 0.302 e. The zero-order valence-electron chi connectivity index (χ0n) is 7.61. The molecule has 0 atom stereocenters. The monoisotopic (exact) mass is 260 g/mol. The predicted molar refractivity (Wildman–Crippen MR) is 44.9 cm³/mol. The topological polar surface area (TPSA) is 34.1 Å². The third-order valence-electron chi connectivity index (χ3n) is 1.79. The Kier molecular flexibility index (Phi) is 3.51. The molecule has 0 saturated heterocycles. The van der Waals surface area contributed by atoms with Gasteiger partial charge in [0.2, 0.25) is 0 Å². The molecule has 0 aromatic heterocycles. The van der Waals surface area contributed by atoms with E-state index in [1.54, 1.807) is 0 Å². The van der Waals surface area contributed by atoms with Crippen LogP contribution in [-0.4, -0.2) is 14.2 Å². The minimum Gasteiger partial charge on any atom is -0.204 e. The van der Waals surface area contributed by atoms with Gasteiger partial charge in [0.1, 0.15) is 0 Å². The van der Waals surface area contributed by atoms with Crippen LogP contribution in [0.1, 0.15) is 5.56 Å². The summed E-state index contributed by atoms with van der Waals surface area (Å²) in [6.45, 7) is 0. The van der Waals surface area contributed by atoms with E-state index in [-0.39, 0.29) is 0 Å². The van der Waals surface area contributed by atoms with Gasteiger partial charge in [-0.2, -0.15) is 8.42 Å². The molecule has 0 N–H and O–H groups in total. The molecule has 1 aromatic carbocycles. The van der Waals surface area contributed by atoms with Crippen molar-refractivity contribution in [1.29, 1.82) is 0 Å². The molecule has 0 heterocycles. The third kappa shape index (κ3) is 2.91. The minimum absolute atomic E-state index is 0.291. The van der Waals surface area contributed by atoms with Crippen LogP contribution >= 0.6 is 0 Å². The van der Waals surface area contributed by atoms with Crippen molar-refractivity contribution >= 4 is 10.2 Å². The summed E-state index contributed by atoms with van der Waals surface area (Å²) in [5.41, 5.74) is -0.738. The molecule has 0 amide bonds. The van der Waals surface area contributed by atoms with Crippen molar-refractivity contribution in [2.24, 2.45) is 0 Å². The Labute approximate surface area is 87.9 Å². The number of aryl methyl sites for hydroxylation is 1. The highest BCUT2D eigenvalue weighted by Gasteiger charge is 2.20. The molecule has 0 aliphatic carbocycles. The van der Waals surface area contributed by atoms with E-state index in [9.17, 15) is 29.9 Å². The number of halogens is 5. The van der Waals surface area contributed by atoms with Crippen molar-refractivity contribution in [1.82, 2.24) is 0 Å². The van der Waals surface area contributed by atoms with Gasteiger partial charge in [-0.05, 0) is 18.1 Å². The normalized spacial score (nSPS) is 11.8. The highest BCUT2D eigenvalue weighted by molar-refractivity contribution is 7.86. The van der Waals surface area contributed by atoms with Gasteiger partial charge in [-0.15, -0.1) is 3.89 Å². The molecule has 0 unspecified atom stereocenters. The van der Waals surface area contributed by atoms with Crippen LogP contribution in [0.3, 0.4) is 0 Å². The molecule has 2 nitrogen and oxygen atoms in total. The maximum atomic E-state index is 12.9. The van der Waals surface area contributed by atoms with Crippen LogP contribution < -0.4 is 0 Å². The Morgan fingerprint density at radius 2 is 1.56 bits per heavy atom. The average Bonchev–Trinajstić information content (AvgIpc) is 2.17. The summed E-state index contributed by atoms with van der Waals surface area (Å²) >= 11 is 0. The van der Waals surface area contributed by atoms with Gasteiger partial charge >= 0.3 is 10.2 Å². The second kappa shape index (κ2) is 4.36. The van der Waals surface area contributed by atoms with Gasteiger partial charge < -0.3 is 0 Å². The standard InChI is InChI=1S/C8H5F5O2S/c9-5-3-4(1-2-16(13,14)15)6(10)8(12)7(5)11/h3H,1-2H2. The Balaban J connectivity index is 3.07. The summed E-state index contributed by atoms with van der Waals surface area (Å²) < 4.78 is 82.9. The highest BCUT2D eigenvalue weighted by Crippen LogP contribution is 2.19. The van der Waals surface area contributed by atoms with E-state index in [1.165, 1.54) is 0 Å². The summed E-state index contributed by atoms with van der Waals surface area (Å²) in [4.78, 5) is 0. The summed E-state index contributed by atoms with van der Waals surface area (Å²) in [5.74, 6) is -8.56. The lowest BCUT2D eigenvalue weighted by atomic mass is 10.1.